The van der Waals surface area contributed by atoms with Crippen LogP contribution in [-0.4, -0.2) is 77.6 Å². The highest BCUT2D eigenvalue weighted by molar-refractivity contribution is 7.84. The van der Waals surface area contributed by atoms with Crippen LogP contribution in [0.15, 0.2) is 83.5 Å². The molecule has 288 valence electrons. The third kappa shape index (κ3) is 10.5. The minimum absolute atomic E-state index is 0.105. The SMILES string of the molecule is CCCCOCCOc1ccc(-c2ccc3c(c2)/C=C(/C(=O)Nc2ccc([S@](=O)Cc4c(C)ncn4CC)cc2)CCCN3CC2CCN(C)CC2)cc1. The number of amides is 1. The van der Waals surface area contributed by atoms with E-state index in [-0.39, 0.29) is 5.91 Å². The molecule has 0 saturated carbocycles. The number of fused-ring (bicyclic) bond motifs is 1. The van der Waals surface area contributed by atoms with Gasteiger partial charge in [-0.15, -0.1) is 0 Å². The molecule has 9 nitrogen and oxygen atoms in total. The Morgan fingerprint density at radius 2 is 1.70 bits per heavy atom. The largest absolute Gasteiger partial charge is 0.491 e. The lowest BCUT2D eigenvalue weighted by atomic mass is 9.93. The number of likely N-dealkylation sites (tertiary alicyclic amines) is 1. The molecule has 0 aliphatic carbocycles. The molecular formula is C44H57N5O4S. The van der Waals surface area contributed by atoms with E-state index in [0.717, 1.165) is 103 Å². The highest BCUT2D eigenvalue weighted by Crippen LogP contribution is 2.34. The van der Waals surface area contributed by atoms with Gasteiger partial charge < -0.3 is 29.2 Å². The van der Waals surface area contributed by atoms with Gasteiger partial charge in [0.25, 0.3) is 5.91 Å². The molecule has 1 aromatic heterocycles. The van der Waals surface area contributed by atoms with Gasteiger partial charge in [-0.25, -0.2) is 4.98 Å². The second kappa shape index (κ2) is 19.4. The summed E-state index contributed by atoms with van der Waals surface area (Å²) in [6, 6.07) is 22.3. The fourth-order valence-electron chi connectivity index (χ4n) is 7.29. The van der Waals surface area contributed by atoms with Gasteiger partial charge in [-0.2, -0.15) is 0 Å². The van der Waals surface area contributed by atoms with Crippen molar-refractivity contribution in [1.82, 2.24) is 14.5 Å². The first kappa shape index (κ1) is 39.4. The number of anilines is 2. The molecule has 3 aromatic carbocycles. The molecule has 1 saturated heterocycles. The van der Waals surface area contributed by atoms with Crippen molar-refractivity contribution in [3.63, 3.8) is 0 Å². The van der Waals surface area contributed by atoms with E-state index in [4.69, 9.17) is 9.47 Å². The fourth-order valence-corrected chi connectivity index (χ4v) is 8.52. The van der Waals surface area contributed by atoms with Crippen LogP contribution in [0.3, 0.4) is 0 Å². The van der Waals surface area contributed by atoms with E-state index in [1.807, 2.05) is 47.9 Å². The summed E-state index contributed by atoms with van der Waals surface area (Å²) in [5.41, 5.74) is 7.77. The molecule has 1 atom stereocenters. The van der Waals surface area contributed by atoms with Crippen LogP contribution in [0, 0.1) is 12.8 Å². The zero-order chi connectivity index (χ0) is 37.9. The lowest BCUT2D eigenvalue weighted by Gasteiger charge is -2.36. The lowest BCUT2D eigenvalue weighted by molar-refractivity contribution is -0.112. The first-order chi connectivity index (χ1) is 26.3. The zero-order valence-corrected chi connectivity index (χ0v) is 33.3. The van der Waals surface area contributed by atoms with Crippen LogP contribution in [0.4, 0.5) is 11.4 Å². The number of piperidine rings is 1. The summed E-state index contributed by atoms with van der Waals surface area (Å²) in [4.78, 5) is 24.0. The Morgan fingerprint density at radius 1 is 0.944 bits per heavy atom. The summed E-state index contributed by atoms with van der Waals surface area (Å²) in [5.74, 6) is 1.78. The first-order valence-electron chi connectivity index (χ1n) is 19.7. The monoisotopic (exact) mass is 751 g/mol. The molecule has 1 amide bonds. The molecule has 0 radical (unpaired) electrons. The standard InChI is InChI=1S/C44H57N5O4S/c1-5-7-25-52-26-27-53-40-15-10-35(11-16-40)36-12-19-42-38(28-36)29-37(9-8-22-49(42)30-34-20-23-47(4)24-21-34)44(50)46-39-13-17-41(18-14-39)54(51)31-43-33(3)45-32-48(43)6-2/h10-19,28-29,32,34H,5-9,20-27,30-31H2,1-4H3,(H,46,50)/b37-29+/t54-/m1/s1. The zero-order valence-electron chi connectivity index (χ0n) is 32.5. The summed E-state index contributed by atoms with van der Waals surface area (Å²) in [6.45, 7) is 13.0. The Hall–Kier alpha value is -4.25. The molecule has 3 heterocycles. The van der Waals surface area contributed by atoms with Crippen molar-refractivity contribution in [2.75, 3.05) is 63.3 Å². The number of nitrogens with zero attached hydrogens (tertiary/aromatic N) is 4. The number of hydrogen-bond acceptors (Lipinski definition) is 7. The predicted molar refractivity (Wildman–Crippen MR) is 221 cm³/mol. The average Bonchev–Trinajstić information content (AvgIpc) is 3.53. The smallest absolute Gasteiger partial charge is 0.251 e. The van der Waals surface area contributed by atoms with Crippen LogP contribution in [0.1, 0.15) is 69.3 Å². The summed E-state index contributed by atoms with van der Waals surface area (Å²) in [5, 5.41) is 3.13. The van der Waals surface area contributed by atoms with Crippen molar-refractivity contribution in [2.45, 2.75) is 76.5 Å². The maximum absolute atomic E-state index is 13.9. The molecule has 0 unspecified atom stereocenters. The van der Waals surface area contributed by atoms with Crippen LogP contribution in [0.2, 0.25) is 0 Å². The number of hydrogen-bond donors (Lipinski definition) is 1. The van der Waals surface area contributed by atoms with Gasteiger partial charge >= 0.3 is 0 Å². The molecule has 10 heteroatoms. The van der Waals surface area contributed by atoms with Gasteiger partial charge in [-0.3, -0.25) is 9.00 Å². The molecule has 4 aromatic rings. The Bertz CT molecular complexity index is 1880. The number of rotatable bonds is 16. The number of ether oxygens (including phenoxy) is 2. The summed E-state index contributed by atoms with van der Waals surface area (Å²) in [7, 11) is 0.987. The van der Waals surface area contributed by atoms with E-state index in [9.17, 15) is 9.00 Å². The summed E-state index contributed by atoms with van der Waals surface area (Å²) >= 11 is 0. The Kier molecular flexibility index (Phi) is 14.1. The van der Waals surface area contributed by atoms with E-state index in [0.29, 0.717) is 37.0 Å². The van der Waals surface area contributed by atoms with Crippen molar-refractivity contribution in [3.8, 4) is 16.9 Å². The topological polar surface area (TPSA) is 88.9 Å². The molecule has 1 fully saturated rings. The fraction of sp³-hybridized carbons (Fsp3) is 0.455. The molecular weight excluding hydrogens is 695 g/mol. The Morgan fingerprint density at radius 3 is 2.44 bits per heavy atom. The number of unbranched alkanes of at least 4 members (excludes halogenated alkanes) is 1. The number of carbonyl (C=O) groups excluding carboxylic acids is 1. The summed E-state index contributed by atoms with van der Waals surface area (Å²) < 4.78 is 26.9. The van der Waals surface area contributed by atoms with E-state index >= 15 is 0 Å². The third-order valence-electron chi connectivity index (χ3n) is 10.6. The molecule has 6 rings (SSSR count). The highest BCUT2D eigenvalue weighted by atomic mass is 32.2. The van der Waals surface area contributed by atoms with Gasteiger partial charge in [0.2, 0.25) is 0 Å². The normalized spacial score (nSPS) is 16.9. The Balaban J connectivity index is 1.18. The number of aryl methyl sites for hydroxylation is 2. The average molecular weight is 752 g/mol. The van der Waals surface area contributed by atoms with Crippen LogP contribution in [0.25, 0.3) is 17.2 Å². The minimum Gasteiger partial charge on any atom is -0.491 e. The second-order valence-electron chi connectivity index (χ2n) is 14.6. The molecule has 0 bridgehead atoms. The van der Waals surface area contributed by atoms with Crippen molar-refractivity contribution < 1.29 is 18.5 Å². The van der Waals surface area contributed by atoms with Crippen LogP contribution in [0.5, 0.6) is 5.75 Å². The van der Waals surface area contributed by atoms with E-state index < -0.39 is 10.8 Å². The maximum Gasteiger partial charge on any atom is 0.251 e. The van der Waals surface area contributed by atoms with Crippen LogP contribution >= 0.6 is 0 Å². The number of aromatic nitrogens is 2. The van der Waals surface area contributed by atoms with Gasteiger partial charge in [0.05, 0.1) is 40.9 Å². The quantitative estimate of drug-likeness (QED) is 0.115. The van der Waals surface area contributed by atoms with E-state index in [1.165, 1.54) is 18.5 Å². The van der Waals surface area contributed by atoms with Crippen molar-refractivity contribution in [3.05, 3.63) is 95.6 Å². The van der Waals surface area contributed by atoms with Gasteiger partial charge in [0, 0.05) is 48.1 Å². The summed E-state index contributed by atoms with van der Waals surface area (Å²) in [6.07, 6.45) is 10.1. The maximum atomic E-state index is 13.9. The predicted octanol–water partition coefficient (Wildman–Crippen LogP) is 8.35. The number of carbonyl (C=O) groups is 1. The van der Waals surface area contributed by atoms with Gasteiger partial charge in [-0.05, 0) is 143 Å². The lowest BCUT2D eigenvalue weighted by Crippen LogP contribution is -2.38. The van der Waals surface area contributed by atoms with Gasteiger partial charge in [0.1, 0.15) is 12.4 Å². The third-order valence-corrected chi connectivity index (χ3v) is 12.0. The van der Waals surface area contributed by atoms with Crippen molar-refractivity contribution >= 4 is 34.2 Å². The van der Waals surface area contributed by atoms with E-state index in [1.54, 1.807) is 6.33 Å². The highest BCUT2D eigenvalue weighted by Gasteiger charge is 2.24. The minimum atomic E-state index is -1.22. The number of imidazole rings is 1. The van der Waals surface area contributed by atoms with Crippen LogP contribution in [-0.2, 0) is 32.6 Å². The Labute approximate surface area is 324 Å². The number of benzene rings is 3. The van der Waals surface area contributed by atoms with Crippen molar-refractivity contribution in [1.29, 1.82) is 0 Å². The van der Waals surface area contributed by atoms with E-state index in [2.05, 4.69) is 77.4 Å². The molecule has 2 aliphatic rings. The van der Waals surface area contributed by atoms with Gasteiger partial charge in [-0.1, -0.05) is 31.5 Å². The van der Waals surface area contributed by atoms with Crippen molar-refractivity contribution in [2.24, 2.45) is 5.92 Å². The van der Waals surface area contributed by atoms with Crippen LogP contribution < -0.4 is 15.0 Å². The second-order valence-corrected chi connectivity index (χ2v) is 16.1. The first-order valence-corrected chi connectivity index (χ1v) is 21.0. The molecule has 54 heavy (non-hydrogen) atoms. The molecule has 1 N–H and O–H groups in total. The molecule has 2 aliphatic heterocycles. The molecule has 0 spiro atoms. The number of nitrogens with one attached hydrogen (secondary N) is 1. The van der Waals surface area contributed by atoms with Gasteiger partial charge in [0.15, 0.2) is 0 Å².